The van der Waals surface area contributed by atoms with Crippen LogP contribution >= 0.6 is 0 Å². The molecular formula is C107H96BN3. The highest BCUT2D eigenvalue weighted by Crippen LogP contribution is 2.56. The first-order chi connectivity index (χ1) is 53.5. The average molecular weight is 1430 g/mol. The first-order valence-corrected chi connectivity index (χ1v) is 39.5. The third-order valence-electron chi connectivity index (χ3n) is 23.0. The number of para-hydroxylation sites is 2. The van der Waals surface area contributed by atoms with Gasteiger partial charge in [0.2, 0.25) is 0 Å². The highest BCUT2D eigenvalue weighted by atomic mass is 15.2. The summed E-state index contributed by atoms with van der Waals surface area (Å²) in [6.45, 7) is 34.7. The third kappa shape index (κ3) is 13.0. The lowest BCUT2D eigenvalue weighted by atomic mass is 9.33. The van der Waals surface area contributed by atoms with Crippen molar-refractivity contribution >= 4 is 84.6 Å². The van der Waals surface area contributed by atoms with E-state index in [0.717, 1.165) is 123 Å². The lowest BCUT2D eigenvalue weighted by Gasteiger charge is -2.46. The molecule has 0 bridgehead atoms. The molecule has 17 rings (SSSR count). The molecule has 14 aromatic carbocycles. The second-order valence-corrected chi connectivity index (χ2v) is 34.5. The maximum absolute atomic E-state index is 4.46. The van der Waals surface area contributed by atoms with Gasteiger partial charge in [-0.25, -0.2) is 0 Å². The van der Waals surface area contributed by atoms with Crippen molar-refractivity contribution in [3.05, 3.63) is 368 Å². The van der Waals surface area contributed by atoms with Crippen molar-refractivity contribution in [3.63, 3.8) is 0 Å². The molecule has 542 valence electrons. The number of hydrogen-bond acceptors (Lipinski definition) is 2. The molecule has 0 saturated heterocycles. The SMILES string of the molecule is C=C/C=C(\C=C/C)c1cc(-c2ccccc2)cc(-c2ccccc2)c1N1c2ccc(C(C)(C)C)cc2B2c3cc(C(C)(C)C)ccc3N(c3c(-c4ccccc4)cc(-c4ccccc4)cc3-c3ccccc3)c3cc(-c4cc(-c5cc(C(C)(C)C)cc(C(C)(C)C)c5)c5c(c4)c4ccccc4n5-c4ccccc4)cc1c32. The molecule has 2 aliphatic heterocycles. The Morgan fingerprint density at radius 1 is 0.324 bits per heavy atom. The van der Waals surface area contributed by atoms with Crippen molar-refractivity contribution < 1.29 is 0 Å². The van der Waals surface area contributed by atoms with Gasteiger partial charge in [-0.2, -0.15) is 0 Å². The van der Waals surface area contributed by atoms with Gasteiger partial charge < -0.3 is 14.4 Å². The van der Waals surface area contributed by atoms with Crippen LogP contribution in [-0.4, -0.2) is 11.3 Å². The molecule has 3 heterocycles. The fourth-order valence-corrected chi connectivity index (χ4v) is 17.2. The number of aromatic nitrogens is 1. The molecule has 0 unspecified atom stereocenters. The average Bonchev–Trinajstić information content (AvgIpc) is 1.15. The van der Waals surface area contributed by atoms with Crippen LogP contribution in [0, 0.1) is 0 Å². The maximum Gasteiger partial charge on any atom is 0.252 e. The monoisotopic (exact) mass is 1430 g/mol. The largest absolute Gasteiger partial charge is 0.310 e. The van der Waals surface area contributed by atoms with Crippen LogP contribution in [0.5, 0.6) is 0 Å². The van der Waals surface area contributed by atoms with Gasteiger partial charge >= 0.3 is 0 Å². The van der Waals surface area contributed by atoms with E-state index in [1.54, 1.807) is 0 Å². The van der Waals surface area contributed by atoms with E-state index in [-0.39, 0.29) is 28.4 Å². The van der Waals surface area contributed by atoms with E-state index in [1.165, 1.54) is 66.1 Å². The molecule has 0 spiro atoms. The van der Waals surface area contributed by atoms with Crippen LogP contribution in [0.4, 0.5) is 34.1 Å². The Morgan fingerprint density at radius 2 is 0.721 bits per heavy atom. The summed E-state index contributed by atoms with van der Waals surface area (Å²) in [4.78, 5) is 5.43. The Labute approximate surface area is 658 Å². The number of allylic oxidation sites excluding steroid dienone is 5. The number of fused-ring (bicyclic) bond motifs is 7. The topological polar surface area (TPSA) is 11.4 Å². The van der Waals surface area contributed by atoms with Crippen molar-refractivity contribution in [2.75, 3.05) is 9.80 Å². The van der Waals surface area contributed by atoms with Crippen LogP contribution in [0.25, 0.3) is 111 Å². The minimum Gasteiger partial charge on any atom is -0.310 e. The van der Waals surface area contributed by atoms with E-state index >= 15 is 0 Å². The van der Waals surface area contributed by atoms with Crippen molar-refractivity contribution in [3.8, 4) is 83.6 Å². The van der Waals surface area contributed by atoms with Gasteiger partial charge in [-0.3, -0.25) is 0 Å². The molecule has 4 heteroatoms. The first-order valence-electron chi connectivity index (χ1n) is 39.5. The summed E-state index contributed by atoms with van der Waals surface area (Å²) in [7, 11) is 0. The number of hydrogen-bond donors (Lipinski definition) is 0. The lowest BCUT2D eigenvalue weighted by molar-refractivity contribution is 0.569. The van der Waals surface area contributed by atoms with Crippen LogP contribution in [0.1, 0.15) is 118 Å². The molecular weight excluding hydrogens is 1340 g/mol. The van der Waals surface area contributed by atoms with E-state index in [9.17, 15) is 0 Å². The van der Waals surface area contributed by atoms with E-state index in [1.807, 2.05) is 6.08 Å². The zero-order chi connectivity index (χ0) is 76.8. The number of nitrogens with zero attached hydrogens (tertiary/aromatic N) is 3. The Balaban J connectivity index is 1.11. The van der Waals surface area contributed by atoms with Gasteiger partial charge in [0.1, 0.15) is 0 Å². The Morgan fingerprint density at radius 3 is 1.18 bits per heavy atom. The summed E-state index contributed by atoms with van der Waals surface area (Å²) < 4.78 is 2.53. The Kier molecular flexibility index (Phi) is 18.1. The van der Waals surface area contributed by atoms with Crippen molar-refractivity contribution in [1.29, 1.82) is 0 Å². The molecule has 0 atom stereocenters. The molecule has 2 aliphatic rings. The highest BCUT2D eigenvalue weighted by Gasteiger charge is 2.47. The number of anilines is 6. The van der Waals surface area contributed by atoms with E-state index in [4.69, 9.17) is 0 Å². The second kappa shape index (κ2) is 28.0. The first kappa shape index (κ1) is 71.7. The summed E-state index contributed by atoms with van der Waals surface area (Å²) in [5.74, 6) is 0. The zero-order valence-electron chi connectivity index (χ0n) is 66.4. The molecule has 0 radical (unpaired) electrons. The lowest BCUT2D eigenvalue weighted by Crippen LogP contribution is -2.61. The molecule has 0 saturated carbocycles. The van der Waals surface area contributed by atoms with Gasteiger partial charge in [0, 0.05) is 67.0 Å². The van der Waals surface area contributed by atoms with Crippen molar-refractivity contribution in [1.82, 2.24) is 4.57 Å². The second-order valence-electron chi connectivity index (χ2n) is 34.5. The van der Waals surface area contributed by atoms with Gasteiger partial charge in [-0.15, -0.1) is 0 Å². The summed E-state index contributed by atoms with van der Waals surface area (Å²) in [6, 6.07) is 118. The van der Waals surface area contributed by atoms with Crippen LogP contribution < -0.4 is 26.2 Å². The van der Waals surface area contributed by atoms with Crippen LogP contribution in [-0.2, 0) is 21.7 Å². The van der Waals surface area contributed by atoms with Gasteiger partial charge in [0.25, 0.3) is 6.71 Å². The minimum atomic E-state index is -0.251. The fourth-order valence-electron chi connectivity index (χ4n) is 17.2. The van der Waals surface area contributed by atoms with E-state index in [0.29, 0.717) is 0 Å². The Bertz CT molecular complexity index is 6080. The normalized spacial score (nSPS) is 13.1. The van der Waals surface area contributed by atoms with Crippen LogP contribution in [0.15, 0.2) is 340 Å². The van der Waals surface area contributed by atoms with Gasteiger partial charge in [0.05, 0.1) is 22.4 Å². The van der Waals surface area contributed by atoms with Gasteiger partial charge in [0.15, 0.2) is 0 Å². The molecule has 1 aromatic heterocycles. The smallest absolute Gasteiger partial charge is 0.252 e. The Hall–Kier alpha value is -12.2. The van der Waals surface area contributed by atoms with Gasteiger partial charge in [-0.05, 0) is 207 Å². The van der Waals surface area contributed by atoms with Crippen LogP contribution in [0.2, 0.25) is 0 Å². The number of rotatable bonds is 13. The van der Waals surface area contributed by atoms with E-state index in [2.05, 4.69) is 439 Å². The molecule has 3 nitrogen and oxygen atoms in total. The standard InChI is InChI=1S/C107H96BN3/c1-15-37-72(38-16-2)87-59-76(70-39-23-17-24-40-70)60-88(73-43-27-19-28-44-73)101(87)110-96-55-53-81(104(3,4)5)68-93(96)108-94-69-82(105(6,7)8)54-56-97(94)111(102-89(74-45-29-20-30-46-74)61-77(71-41-25-18-26-42-71)62-90(102)75-47-31-21-32-48-75)99-66-79(65-98(110)100(99)108)78-63-91(80-57-83(106(9,10)11)67-84(58-80)107(12,13)14)103-92(64-78)86-51-35-36-52-95(86)109(103)85-49-33-22-34-50-85/h15-69H,1H2,2-14H3/b38-16-,72-37+. The van der Waals surface area contributed by atoms with Gasteiger partial charge in [-0.1, -0.05) is 344 Å². The third-order valence-corrected chi connectivity index (χ3v) is 23.0. The fraction of sp³-hybridized carbons (Fsp3) is 0.159. The predicted octanol–water partition coefficient (Wildman–Crippen LogP) is 27.9. The molecule has 0 aliphatic carbocycles. The minimum absolute atomic E-state index is 0.154. The molecule has 0 N–H and O–H groups in total. The molecule has 15 aromatic rings. The molecule has 0 fully saturated rings. The predicted molar refractivity (Wildman–Crippen MR) is 481 cm³/mol. The summed E-state index contributed by atoms with van der Waals surface area (Å²) in [5.41, 5.74) is 36.3. The van der Waals surface area contributed by atoms with Crippen LogP contribution in [0.3, 0.4) is 0 Å². The van der Waals surface area contributed by atoms with Crippen molar-refractivity contribution in [2.24, 2.45) is 0 Å². The highest BCUT2D eigenvalue weighted by molar-refractivity contribution is 7.00. The number of benzene rings is 14. The molecule has 111 heavy (non-hydrogen) atoms. The quantitative estimate of drug-likeness (QED) is 0.0842. The molecule has 0 amide bonds. The zero-order valence-corrected chi connectivity index (χ0v) is 66.4. The van der Waals surface area contributed by atoms with Crippen molar-refractivity contribution in [2.45, 2.75) is 112 Å². The van der Waals surface area contributed by atoms with E-state index < -0.39 is 0 Å². The summed E-state index contributed by atoms with van der Waals surface area (Å²) in [5, 5.41) is 2.38. The summed E-state index contributed by atoms with van der Waals surface area (Å²) in [6.07, 6.45) is 8.61. The maximum atomic E-state index is 4.46. The summed E-state index contributed by atoms with van der Waals surface area (Å²) >= 11 is 0.